The number of amides is 2. The quantitative estimate of drug-likeness (QED) is 0.294. The second-order valence-electron chi connectivity index (χ2n) is 11.4. The molecule has 3 rings (SSSR count). The summed E-state index contributed by atoms with van der Waals surface area (Å²) in [7, 11) is 0. The average molecular weight is 566 g/mol. The van der Waals surface area contributed by atoms with Crippen molar-refractivity contribution in [2.75, 3.05) is 16.8 Å². The van der Waals surface area contributed by atoms with Gasteiger partial charge in [-0.2, -0.15) is 4.90 Å². The van der Waals surface area contributed by atoms with E-state index < -0.39 is 35.4 Å². The first-order chi connectivity index (χ1) is 19.1. The van der Waals surface area contributed by atoms with Gasteiger partial charge in [-0.3, -0.25) is 0 Å². The lowest BCUT2D eigenvalue weighted by molar-refractivity contribution is -0.138. The number of carbonyl (C=O) groups is 3. The number of nitrogens with one attached hydrogen (secondary N) is 1. The standard InChI is InChI=1S/C31H39N3O7/c1-9-19-11-12-21(18-24(19)39-10-2)25(27(35)36)33-22-13-14-23-20(17-22)15-16-32-26(23)34(28(37)40-30(3,4)5)29(38)41-31(6,7)8/h11-18,25,33H,9-10H2,1-8H3,(H,35,36). The predicted octanol–water partition coefficient (Wildman–Crippen LogP) is 7.11. The van der Waals surface area contributed by atoms with E-state index in [0.717, 1.165) is 16.9 Å². The summed E-state index contributed by atoms with van der Waals surface area (Å²) in [5, 5.41) is 14.2. The molecule has 2 amide bonds. The lowest BCUT2D eigenvalue weighted by atomic mass is 10.0. The topological polar surface area (TPSA) is 127 Å². The van der Waals surface area contributed by atoms with Gasteiger partial charge in [0, 0.05) is 17.3 Å². The molecule has 0 saturated heterocycles. The highest BCUT2D eigenvalue weighted by atomic mass is 16.6. The number of aromatic nitrogens is 1. The van der Waals surface area contributed by atoms with Crippen LogP contribution in [-0.2, 0) is 20.7 Å². The molecule has 0 bridgehead atoms. The number of carbonyl (C=O) groups excluding carboxylic acids is 2. The predicted molar refractivity (Wildman–Crippen MR) is 158 cm³/mol. The van der Waals surface area contributed by atoms with Gasteiger partial charge in [-0.05, 0) is 102 Å². The Hall–Kier alpha value is -4.34. The second-order valence-corrected chi connectivity index (χ2v) is 11.4. The molecule has 10 heteroatoms. The lowest BCUT2D eigenvalue weighted by Crippen LogP contribution is -2.44. The minimum absolute atomic E-state index is 0.0313. The zero-order valence-electron chi connectivity index (χ0n) is 24.9. The summed E-state index contributed by atoms with van der Waals surface area (Å²) in [4.78, 5) is 43.7. The highest BCUT2D eigenvalue weighted by Crippen LogP contribution is 2.32. The number of hydrogen-bond donors (Lipinski definition) is 2. The van der Waals surface area contributed by atoms with Crippen LogP contribution < -0.4 is 15.0 Å². The summed E-state index contributed by atoms with van der Waals surface area (Å²) < 4.78 is 16.7. The van der Waals surface area contributed by atoms with E-state index >= 15 is 0 Å². The maximum atomic E-state index is 13.2. The first-order valence-corrected chi connectivity index (χ1v) is 13.5. The molecule has 2 N–H and O–H groups in total. The van der Waals surface area contributed by atoms with Gasteiger partial charge in [0.2, 0.25) is 0 Å². The van der Waals surface area contributed by atoms with E-state index in [1.807, 2.05) is 19.9 Å². The van der Waals surface area contributed by atoms with Crippen molar-refractivity contribution in [3.8, 4) is 5.75 Å². The molecule has 2 aromatic carbocycles. The third kappa shape index (κ3) is 8.09. The first kappa shape index (κ1) is 31.2. The third-order valence-electron chi connectivity index (χ3n) is 5.77. The second kappa shape index (κ2) is 12.4. The molecule has 1 unspecified atom stereocenters. The molecule has 0 radical (unpaired) electrons. The number of nitrogens with zero attached hydrogens (tertiary/aromatic N) is 2. The highest BCUT2D eigenvalue weighted by Gasteiger charge is 2.34. The van der Waals surface area contributed by atoms with Crippen molar-refractivity contribution >= 4 is 40.4 Å². The third-order valence-corrected chi connectivity index (χ3v) is 5.77. The van der Waals surface area contributed by atoms with Gasteiger partial charge in [-0.25, -0.2) is 19.4 Å². The van der Waals surface area contributed by atoms with Gasteiger partial charge < -0.3 is 24.6 Å². The van der Waals surface area contributed by atoms with Crippen molar-refractivity contribution < 1.29 is 33.7 Å². The molecule has 0 spiro atoms. The largest absolute Gasteiger partial charge is 0.494 e. The van der Waals surface area contributed by atoms with Crippen LogP contribution in [0.25, 0.3) is 10.8 Å². The van der Waals surface area contributed by atoms with Crippen molar-refractivity contribution in [3.63, 3.8) is 0 Å². The van der Waals surface area contributed by atoms with Gasteiger partial charge in [0.05, 0.1) is 6.61 Å². The van der Waals surface area contributed by atoms with Crippen LogP contribution in [0.3, 0.4) is 0 Å². The number of rotatable bonds is 8. The molecule has 1 atom stereocenters. The number of pyridine rings is 1. The Balaban J connectivity index is 2.03. The van der Waals surface area contributed by atoms with Gasteiger partial charge in [-0.1, -0.05) is 19.1 Å². The Morgan fingerprint density at radius 1 is 0.927 bits per heavy atom. The molecule has 1 heterocycles. The van der Waals surface area contributed by atoms with E-state index in [4.69, 9.17) is 14.2 Å². The first-order valence-electron chi connectivity index (χ1n) is 13.5. The number of fused-ring (bicyclic) bond motifs is 1. The number of hydrogen-bond acceptors (Lipinski definition) is 8. The smallest absolute Gasteiger partial charge is 0.425 e. The number of aliphatic carboxylic acids is 1. The zero-order chi connectivity index (χ0) is 30.5. The molecular formula is C31H39N3O7. The van der Waals surface area contributed by atoms with Crippen LogP contribution in [0.1, 0.15) is 72.6 Å². The van der Waals surface area contributed by atoms with Crippen molar-refractivity contribution in [2.24, 2.45) is 0 Å². The summed E-state index contributed by atoms with van der Waals surface area (Å²) in [6, 6.07) is 11.1. The Kier molecular flexibility index (Phi) is 9.47. The molecule has 0 aliphatic heterocycles. The summed E-state index contributed by atoms with van der Waals surface area (Å²) in [5.41, 5.74) is 0.296. The SMILES string of the molecule is CCOc1cc(C(Nc2ccc3c(N(C(=O)OC(C)(C)C)C(=O)OC(C)(C)C)nccc3c2)C(=O)O)ccc1CC. The summed E-state index contributed by atoms with van der Waals surface area (Å²) in [5.74, 6) is -0.378. The molecule has 0 saturated carbocycles. The summed E-state index contributed by atoms with van der Waals surface area (Å²) in [6.45, 7) is 14.5. The zero-order valence-corrected chi connectivity index (χ0v) is 24.9. The number of aryl methyl sites for hydroxylation is 1. The number of imide groups is 1. The number of anilines is 2. The fraction of sp³-hybridized carbons (Fsp3) is 0.419. The van der Waals surface area contributed by atoms with Crippen molar-refractivity contribution in [3.05, 3.63) is 59.8 Å². The Labute approximate surface area is 240 Å². The van der Waals surface area contributed by atoms with Crippen LogP contribution in [0, 0.1) is 0 Å². The van der Waals surface area contributed by atoms with E-state index in [1.165, 1.54) is 6.20 Å². The van der Waals surface area contributed by atoms with Crippen molar-refractivity contribution in [1.29, 1.82) is 0 Å². The van der Waals surface area contributed by atoms with E-state index in [9.17, 15) is 19.5 Å². The van der Waals surface area contributed by atoms with Gasteiger partial charge in [0.25, 0.3) is 0 Å². The van der Waals surface area contributed by atoms with Gasteiger partial charge in [0.1, 0.15) is 17.0 Å². The molecule has 41 heavy (non-hydrogen) atoms. The summed E-state index contributed by atoms with van der Waals surface area (Å²) >= 11 is 0. The molecular weight excluding hydrogens is 526 g/mol. The average Bonchev–Trinajstić information content (AvgIpc) is 2.85. The van der Waals surface area contributed by atoms with E-state index in [-0.39, 0.29) is 5.82 Å². The molecule has 220 valence electrons. The Bertz CT molecular complexity index is 1400. The van der Waals surface area contributed by atoms with Crippen LogP contribution >= 0.6 is 0 Å². The van der Waals surface area contributed by atoms with Crippen molar-refractivity contribution in [2.45, 2.75) is 79.1 Å². The molecule has 3 aromatic rings. The molecule has 0 aliphatic carbocycles. The van der Waals surface area contributed by atoms with Crippen LogP contribution in [0.4, 0.5) is 21.1 Å². The fourth-order valence-electron chi connectivity index (χ4n) is 4.08. The number of carboxylic acid groups (broad SMARTS) is 1. The van der Waals surface area contributed by atoms with Crippen LogP contribution in [0.5, 0.6) is 5.75 Å². The summed E-state index contributed by atoms with van der Waals surface area (Å²) in [6.07, 6.45) is 0.349. The van der Waals surface area contributed by atoms with Crippen LogP contribution in [0.15, 0.2) is 48.7 Å². The number of ether oxygens (including phenoxy) is 3. The highest BCUT2D eigenvalue weighted by molar-refractivity contribution is 6.14. The normalized spacial score (nSPS) is 12.4. The molecule has 10 nitrogen and oxygen atoms in total. The van der Waals surface area contributed by atoms with Gasteiger partial charge >= 0.3 is 18.2 Å². The van der Waals surface area contributed by atoms with E-state index in [2.05, 4.69) is 10.3 Å². The minimum atomic E-state index is -1.06. The van der Waals surface area contributed by atoms with Crippen molar-refractivity contribution in [1.82, 2.24) is 4.98 Å². The molecule has 0 fully saturated rings. The Morgan fingerprint density at radius 3 is 2.10 bits per heavy atom. The molecule has 1 aromatic heterocycles. The monoisotopic (exact) mass is 565 g/mol. The van der Waals surface area contributed by atoms with E-state index in [0.29, 0.717) is 34.4 Å². The van der Waals surface area contributed by atoms with Gasteiger partial charge in [0.15, 0.2) is 11.9 Å². The lowest BCUT2D eigenvalue weighted by Gasteiger charge is -2.28. The number of benzene rings is 2. The van der Waals surface area contributed by atoms with Gasteiger partial charge in [-0.15, -0.1) is 0 Å². The van der Waals surface area contributed by atoms with Crippen LogP contribution in [0.2, 0.25) is 0 Å². The molecule has 0 aliphatic rings. The minimum Gasteiger partial charge on any atom is -0.494 e. The Morgan fingerprint density at radius 2 is 1.56 bits per heavy atom. The van der Waals surface area contributed by atoms with Crippen LogP contribution in [-0.4, -0.2) is 46.1 Å². The maximum absolute atomic E-state index is 13.2. The maximum Gasteiger partial charge on any atom is 0.425 e. The fourth-order valence-corrected chi connectivity index (χ4v) is 4.08. The number of carboxylic acids is 1. The van der Waals surface area contributed by atoms with E-state index in [1.54, 1.807) is 77.9 Å².